The number of nitrogens with zero attached hydrogens (tertiary/aromatic N) is 2. The summed E-state index contributed by atoms with van der Waals surface area (Å²) >= 11 is 0. The van der Waals surface area contributed by atoms with Crippen LogP contribution in [0.1, 0.15) is 24.2 Å². The van der Waals surface area contributed by atoms with Crippen molar-refractivity contribution in [3.8, 4) is 0 Å². The van der Waals surface area contributed by atoms with Crippen LogP contribution in [0.2, 0.25) is 0 Å². The molecule has 2 rings (SSSR count). The number of aromatic nitrogens is 2. The minimum absolute atomic E-state index is 0.0650. The van der Waals surface area contributed by atoms with Crippen LogP contribution in [0, 0.1) is 11.6 Å². The lowest BCUT2D eigenvalue weighted by Gasteiger charge is -1.99. The SMILES string of the molecule is CC(N)Cc1noc(Cc2cccc(F)c2F)n1. The third-order valence-electron chi connectivity index (χ3n) is 2.39. The van der Waals surface area contributed by atoms with E-state index in [9.17, 15) is 8.78 Å². The van der Waals surface area contributed by atoms with E-state index in [1.54, 1.807) is 0 Å². The van der Waals surface area contributed by atoms with Gasteiger partial charge in [0.2, 0.25) is 5.89 Å². The summed E-state index contributed by atoms with van der Waals surface area (Å²) in [7, 11) is 0. The molecule has 0 radical (unpaired) electrons. The van der Waals surface area contributed by atoms with E-state index in [1.807, 2.05) is 6.92 Å². The standard InChI is InChI=1S/C12H13F2N3O/c1-7(15)5-10-16-11(18-17-10)6-8-3-2-4-9(13)12(8)14/h2-4,7H,5-6,15H2,1H3. The second-order valence-corrected chi connectivity index (χ2v) is 4.18. The van der Waals surface area contributed by atoms with Crippen LogP contribution < -0.4 is 5.73 Å². The van der Waals surface area contributed by atoms with Crippen LogP contribution in [0.15, 0.2) is 22.7 Å². The van der Waals surface area contributed by atoms with Gasteiger partial charge in [-0.1, -0.05) is 17.3 Å². The summed E-state index contributed by atoms with van der Waals surface area (Å²) in [5.74, 6) is -1.06. The summed E-state index contributed by atoms with van der Waals surface area (Å²) in [5, 5.41) is 3.72. The molecule has 0 aliphatic heterocycles. The summed E-state index contributed by atoms with van der Waals surface area (Å²) in [6.45, 7) is 1.82. The molecule has 0 aliphatic rings. The van der Waals surface area contributed by atoms with Crippen molar-refractivity contribution < 1.29 is 13.3 Å². The first-order valence-corrected chi connectivity index (χ1v) is 5.56. The first-order chi connectivity index (χ1) is 8.56. The van der Waals surface area contributed by atoms with Gasteiger partial charge in [0.1, 0.15) is 0 Å². The smallest absolute Gasteiger partial charge is 0.231 e. The average molecular weight is 253 g/mol. The molecule has 0 bridgehead atoms. The predicted molar refractivity (Wildman–Crippen MR) is 60.8 cm³/mol. The van der Waals surface area contributed by atoms with Gasteiger partial charge in [0.25, 0.3) is 0 Å². The molecule has 1 unspecified atom stereocenters. The third kappa shape index (κ3) is 2.89. The van der Waals surface area contributed by atoms with E-state index in [4.69, 9.17) is 10.3 Å². The van der Waals surface area contributed by atoms with Gasteiger partial charge in [0.15, 0.2) is 17.5 Å². The monoisotopic (exact) mass is 253 g/mol. The molecular formula is C12H13F2N3O. The highest BCUT2D eigenvalue weighted by Gasteiger charge is 2.13. The third-order valence-corrected chi connectivity index (χ3v) is 2.39. The Bertz CT molecular complexity index is 540. The van der Waals surface area contributed by atoms with E-state index in [1.165, 1.54) is 12.1 Å². The Labute approximate surface area is 103 Å². The van der Waals surface area contributed by atoms with Crippen molar-refractivity contribution in [2.75, 3.05) is 0 Å². The summed E-state index contributed by atoms with van der Waals surface area (Å²) < 4.78 is 31.4. The minimum Gasteiger partial charge on any atom is -0.339 e. The fourth-order valence-electron chi connectivity index (χ4n) is 1.58. The molecule has 0 saturated carbocycles. The second-order valence-electron chi connectivity index (χ2n) is 4.18. The summed E-state index contributed by atoms with van der Waals surface area (Å²) in [4.78, 5) is 4.07. The summed E-state index contributed by atoms with van der Waals surface area (Å²) in [5.41, 5.74) is 5.79. The zero-order chi connectivity index (χ0) is 13.1. The largest absolute Gasteiger partial charge is 0.339 e. The van der Waals surface area contributed by atoms with Gasteiger partial charge in [-0.25, -0.2) is 8.78 Å². The van der Waals surface area contributed by atoms with Crippen LogP contribution in [0.3, 0.4) is 0 Å². The molecule has 1 heterocycles. The molecule has 2 N–H and O–H groups in total. The van der Waals surface area contributed by atoms with Crippen LogP contribution in [0.5, 0.6) is 0 Å². The van der Waals surface area contributed by atoms with Crippen molar-refractivity contribution >= 4 is 0 Å². The highest BCUT2D eigenvalue weighted by atomic mass is 19.2. The Balaban J connectivity index is 2.14. The van der Waals surface area contributed by atoms with Crippen molar-refractivity contribution in [2.45, 2.75) is 25.8 Å². The number of nitrogens with two attached hydrogens (primary N) is 1. The number of hydrogen-bond donors (Lipinski definition) is 1. The van der Waals surface area contributed by atoms with Crippen molar-refractivity contribution in [2.24, 2.45) is 5.73 Å². The van der Waals surface area contributed by atoms with Gasteiger partial charge >= 0.3 is 0 Å². The Hall–Kier alpha value is -1.82. The Kier molecular flexibility index (Phi) is 3.66. The predicted octanol–water partition coefficient (Wildman–Crippen LogP) is 1.83. The van der Waals surface area contributed by atoms with Crippen molar-refractivity contribution in [1.82, 2.24) is 10.1 Å². The molecule has 0 aliphatic carbocycles. The van der Waals surface area contributed by atoms with Gasteiger partial charge in [0.05, 0.1) is 6.42 Å². The quantitative estimate of drug-likeness (QED) is 0.902. The van der Waals surface area contributed by atoms with Crippen molar-refractivity contribution in [3.63, 3.8) is 0 Å². The van der Waals surface area contributed by atoms with Gasteiger partial charge in [0, 0.05) is 18.0 Å². The minimum atomic E-state index is -0.886. The molecule has 0 saturated heterocycles. The van der Waals surface area contributed by atoms with Crippen molar-refractivity contribution in [3.05, 3.63) is 47.1 Å². The maximum Gasteiger partial charge on any atom is 0.231 e. The lowest BCUT2D eigenvalue weighted by atomic mass is 10.1. The number of hydrogen-bond acceptors (Lipinski definition) is 4. The molecule has 4 nitrogen and oxygen atoms in total. The fraction of sp³-hybridized carbons (Fsp3) is 0.333. The van der Waals surface area contributed by atoms with E-state index >= 15 is 0 Å². The van der Waals surface area contributed by atoms with Gasteiger partial charge in [-0.05, 0) is 13.0 Å². The molecule has 1 atom stereocenters. The van der Waals surface area contributed by atoms with Crippen LogP contribution >= 0.6 is 0 Å². The van der Waals surface area contributed by atoms with Gasteiger partial charge < -0.3 is 10.3 Å². The Morgan fingerprint density at radius 3 is 2.89 bits per heavy atom. The molecule has 1 aromatic carbocycles. The molecule has 0 fully saturated rings. The zero-order valence-corrected chi connectivity index (χ0v) is 9.86. The zero-order valence-electron chi connectivity index (χ0n) is 9.86. The van der Waals surface area contributed by atoms with E-state index < -0.39 is 11.6 Å². The number of benzene rings is 1. The van der Waals surface area contributed by atoms with Crippen LogP contribution in [-0.2, 0) is 12.8 Å². The van der Waals surface area contributed by atoms with E-state index in [0.717, 1.165) is 6.07 Å². The topological polar surface area (TPSA) is 64.9 Å². The highest BCUT2D eigenvalue weighted by Crippen LogP contribution is 2.15. The second kappa shape index (κ2) is 5.22. The Morgan fingerprint density at radius 2 is 2.17 bits per heavy atom. The summed E-state index contributed by atoms with van der Waals surface area (Å²) in [6.07, 6.45) is 0.546. The van der Waals surface area contributed by atoms with E-state index in [0.29, 0.717) is 12.2 Å². The van der Waals surface area contributed by atoms with Crippen LogP contribution in [0.25, 0.3) is 0 Å². The number of halogens is 2. The molecular weight excluding hydrogens is 240 g/mol. The first kappa shape index (κ1) is 12.6. The summed E-state index contributed by atoms with van der Waals surface area (Å²) in [6, 6.07) is 3.90. The average Bonchev–Trinajstić information content (AvgIpc) is 2.71. The Morgan fingerprint density at radius 1 is 1.39 bits per heavy atom. The van der Waals surface area contributed by atoms with E-state index in [2.05, 4.69) is 10.1 Å². The van der Waals surface area contributed by atoms with E-state index in [-0.39, 0.29) is 23.9 Å². The maximum absolute atomic E-state index is 13.4. The lowest BCUT2D eigenvalue weighted by molar-refractivity contribution is 0.376. The van der Waals surface area contributed by atoms with Crippen LogP contribution in [-0.4, -0.2) is 16.2 Å². The molecule has 18 heavy (non-hydrogen) atoms. The molecule has 1 aromatic heterocycles. The van der Waals surface area contributed by atoms with Crippen LogP contribution in [0.4, 0.5) is 8.78 Å². The number of rotatable bonds is 4. The molecule has 6 heteroatoms. The van der Waals surface area contributed by atoms with Gasteiger partial charge in [-0.15, -0.1) is 0 Å². The molecule has 0 amide bonds. The normalized spacial score (nSPS) is 12.7. The van der Waals surface area contributed by atoms with Gasteiger partial charge in [-0.3, -0.25) is 0 Å². The lowest BCUT2D eigenvalue weighted by Crippen LogP contribution is -2.18. The molecule has 0 spiro atoms. The fourth-order valence-corrected chi connectivity index (χ4v) is 1.58. The highest BCUT2D eigenvalue weighted by molar-refractivity contribution is 5.21. The molecule has 2 aromatic rings. The maximum atomic E-state index is 13.4. The molecule has 96 valence electrons. The first-order valence-electron chi connectivity index (χ1n) is 5.56. The van der Waals surface area contributed by atoms with Crippen molar-refractivity contribution in [1.29, 1.82) is 0 Å². The van der Waals surface area contributed by atoms with Gasteiger partial charge in [-0.2, -0.15) is 4.98 Å².